The van der Waals surface area contributed by atoms with Gasteiger partial charge in [-0.15, -0.1) is 0 Å². The van der Waals surface area contributed by atoms with Crippen molar-refractivity contribution in [2.24, 2.45) is 0 Å². The summed E-state index contributed by atoms with van der Waals surface area (Å²) in [4.78, 5) is 2.33. The van der Waals surface area contributed by atoms with Gasteiger partial charge in [0.15, 0.2) is 32.8 Å². The van der Waals surface area contributed by atoms with Crippen LogP contribution in [0.15, 0.2) is 29.2 Å². The Bertz CT molecular complexity index is 1300. The highest BCUT2D eigenvalue weighted by Crippen LogP contribution is 2.48. The molecule has 1 N–H and O–H groups in total. The lowest BCUT2D eigenvalue weighted by Gasteiger charge is -2.26. The van der Waals surface area contributed by atoms with Crippen molar-refractivity contribution in [1.29, 1.82) is 0 Å². The van der Waals surface area contributed by atoms with Gasteiger partial charge in [0, 0.05) is 19.6 Å². The first-order valence-corrected chi connectivity index (χ1v) is 17.0. The molecule has 0 bridgehead atoms. The van der Waals surface area contributed by atoms with Gasteiger partial charge in [0.1, 0.15) is 4.90 Å². The number of benzene rings is 2. The minimum Gasteiger partial charge on any atom is -0.493 e. The normalized spacial score (nSPS) is 19.9. The smallest absolute Gasteiger partial charge is 0.203 e. The van der Waals surface area contributed by atoms with Crippen LogP contribution < -0.4 is 23.7 Å². The van der Waals surface area contributed by atoms with E-state index >= 15 is 0 Å². The average Bonchev–Trinajstić information content (AvgIpc) is 3.51. The van der Waals surface area contributed by atoms with Crippen molar-refractivity contribution in [3.63, 3.8) is 0 Å². The van der Waals surface area contributed by atoms with Crippen molar-refractivity contribution in [3.05, 3.63) is 35.4 Å². The maximum Gasteiger partial charge on any atom is 0.203 e. The summed E-state index contributed by atoms with van der Waals surface area (Å²) in [5, 5.41) is 10.0. The largest absolute Gasteiger partial charge is 0.493 e. The minimum atomic E-state index is -3.91. The van der Waals surface area contributed by atoms with E-state index in [9.17, 15) is 13.5 Å². The van der Waals surface area contributed by atoms with Crippen molar-refractivity contribution >= 4 is 9.84 Å². The number of hydrogen-bond donors (Lipinski definition) is 1. The third-order valence-corrected chi connectivity index (χ3v) is 9.61. The van der Waals surface area contributed by atoms with E-state index in [-0.39, 0.29) is 16.7 Å². The van der Waals surface area contributed by atoms with Crippen LogP contribution in [0.3, 0.4) is 0 Å². The molecule has 12 heteroatoms. The predicted molar refractivity (Wildman–Crippen MR) is 165 cm³/mol. The fourth-order valence-corrected chi connectivity index (χ4v) is 7.16. The highest BCUT2D eigenvalue weighted by atomic mass is 32.2. The summed E-state index contributed by atoms with van der Waals surface area (Å²) in [5.41, 5.74) is 1.54. The number of aliphatic hydroxyl groups excluding tert-OH is 1. The highest BCUT2D eigenvalue weighted by molar-refractivity contribution is 7.91. The quantitative estimate of drug-likeness (QED) is 0.265. The van der Waals surface area contributed by atoms with Crippen molar-refractivity contribution in [2.45, 2.75) is 62.7 Å². The number of ether oxygens (including phenoxy) is 7. The number of nitrogens with zero attached hydrogens (tertiary/aromatic N) is 1. The van der Waals surface area contributed by atoms with E-state index < -0.39 is 27.8 Å². The number of aliphatic hydroxyl groups is 1. The second-order valence-electron chi connectivity index (χ2n) is 11.1. The molecule has 0 saturated carbocycles. The van der Waals surface area contributed by atoms with Crippen LogP contribution in [0.5, 0.6) is 28.7 Å². The molecule has 2 heterocycles. The van der Waals surface area contributed by atoms with Crippen LogP contribution in [0, 0.1) is 0 Å². The molecule has 246 valence electrons. The molecule has 2 aromatic rings. The molecule has 0 radical (unpaired) electrons. The van der Waals surface area contributed by atoms with Crippen LogP contribution in [0.25, 0.3) is 0 Å². The van der Waals surface area contributed by atoms with Crippen LogP contribution in [-0.4, -0.2) is 97.7 Å². The van der Waals surface area contributed by atoms with E-state index in [4.69, 9.17) is 33.2 Å². The molecule has 0 aromatic heterocycles. The molecule has 2 fully saturated rings. The Balaban J connectivity index is 1.64. The molecular formula is C32H47NO10S. The molecule has 2 aliphatic rings. The Labute approximate surface area is 261 Å². The summed E-state index contributed by atoms with van der Waals surface area (Å²) in [6.45, 7) is 8.19. The lowest BCUT2D eigenvalue weighted by Crippen LogP contribution is -2.37. The SMILES string of the molecule is CCCOc1c(OCCCN2CCOCC2)cc(C2CCC(c3cc(OC)c(OC)c(OC)c3)O2)cc1S(=O)(=O)CC(C)O. The van der Waals surface area contributed by atoms with Crippen LogP contribution in [0.2, 0.25) is 0 Å². The predicted octanol–water partition coefficient (Wildman–Crippen LogP) is 4.35. The first-order chi connectivity index (χ1) is 21.2. The Morgan fingerprint density at radius 1 is 0.886 bits per heavy atom. The Hall–Kier alpha value is -2.77. The highest BCUT2D eigenvalue weighted by Gasteiger charge is 2.33. The second kappa shape index (κ2) is 16.0. The summed E-state index contributed by atoms with van der Waals surface area (Å²) in [6.07, 6.45) is 1.08. The van der Waals surface area contributed by atoms with E-state index in [1.165, 1.54) is 6.92 Å². The van der Waals surface area contributed by atoms with Crippen molar-refractivity contribution in [3.8, 4) is 28.7 Å². The van der Waals surface area contributed by atoms with Crippen molar-refractivity contribution < 1.29 is 46.7 Å². The number of hydrogen-bond acceptors (Lipinski definition) is 11. The van der Waals surface area contributed by atoms with Crippen molar-refractivity contribution in [2.75, 3.05) is 73.1 Å². The van der Waals surface area contributed by atoms with Gasteiger partial charge in [-0.05, 0) is 68.0 Å². The van der Waals surface area contributed by atoms with Crippen LogP contribution >= 0.6 is 0 Å². The number of sulfone groups is 1. The number of rotatable bonds is 16. The lowest BCUT2D eigenvalue weighted by atomic mass is 10.0. The van der Waals surface area contributed by atoms with E-state index in [0.717, 1.165) is 44.8 Å². The van der Waals surface area contributed by atoms with Gasteiger partial charge in [0.25, 0.3) is 0 Å². The molecule has 4 rings (SSSR count). The average molecular weight is 638 g/mol. The molecule has 44 heavy (non-hydrogen) atoms. The zero-order valence-electron chi connectivity index (χ0n) is 26.5. The minimum absolute atomic E-state index is 0.00682. The second-order valence-corrected chi connectivity index (χ2v) is 13.1. The molecule has 3 atom stereocenters. The van der Waals surface area contributed by atoms with E-state index in [2.05, 4.69) is 4.90 Å². The summed E-state index contributed by atoms with van der Waals surface area (Å²) < 4.78 is 67.9. The topological polar surface area (TPSA) is 122 Å². The standard InChI is InChI=1S/C32H47NO10S/c1-6-13-42-32-29(41-14-7-10-33-11-15-40-16-12-33)19-24(20-30(32)44(35,36)21-22(2)34)26-9-8-25(43-26)23-17-27(37-3)31(39-5)28(18-23)38-4/h17-20,22,25-26,34H,6-16,21H2,1-5H3. The first kappa shape index (κ1) is 34.1. The molecule has 2 saturated heterocycles. The molecule has 2 aliphatic heterocycles. The monoisotopic (exact) mass is 637 g/mol. The maximum atomic E-state index is 13.6. The third kappa shape index (κ3) is 8.48. The number of methoxy groups -OCH3 is 3. The zero-order chi connectivity index (χ0) is 31.7. The van der Waals surface area contributed by atoms with Gasteiger partial charge >= 0.3 is 0 Å². The Kier molecular flexibility index (Phi) is 12.4. The van der Waals surface area contributed by atoms with E-state index in [1.54, 1.807) is 27.4 Å². The van der Waals surface area contributed by atoms with Gasteiger partial charge in [0.05, 0.1) is 71.8 Å². The van der Waals surface area contributed by atoms with Crippen molar-refractivity contribution in [1.82, 2.24) is 4.90 Å². The van der Waals surface area contributed by atoms with Crippen LogP contribution in [-0.2, 0) is 19.3 Å². The molecule has 0 amide bonds. The van der Waals surface area contributed by atoms with Crippen LogP contribution in [0.1, 0.15) is 62.9 Å². The van der Waals surface area contributed by atoms with Gasteiger partial charge < -0.3 is 38.3 Å². The summed E-state index contributed by atoms with van der Waals surface area (Å²) in [7, 11) is 0.780. The summed E-state index contributed by atoms with van der Waals surface area (Å²) in [6, 6.07) is 7.20. The fraction of sp³-hybridized carbons (Fsp3) is 0.625. The molecule has 2 aromatic carbocycles. The van der Waals surface area contributed by atoms with E-state index in [1.807, 2.05) is 25.1 Å². The van der Waals surface area contributed by atoms with Crippen LogP contribution in [0.4, 0.5) is 0 Å². The summed E-state index contributed by atoms with van der Waals surface area (Å²) >= 11 is 0. The Morgan fingerprint density at radius 3 is 2.07 bits per heavy atom. The Morgan fingerprint density at radius 2 is 1.50 bits per heavy atom. The first-order valence-electron chi connectivity index (χ1n) is 15.3. The third-order valence-electron chi connectivity index (χ3n) is 7.72. The lowest BCUT2D eigenvalue weighted by molar-refractivity contribution is 0.0357. The zero-order valence-corrected chi connectivity index (χ0v) is 27.3. The van der Waals surface area contributed by atoms with Gasteiger partial charge in [0.2, 0.25) is 5.75 Å². The molecule has 11 nitrogen and oxygen atoms in total. The van der Waals surface area contributed by atoms with E-state index in [0.29, 0.717) is 61.0 Å². The fourth-order valence-electron chi connectivity index (χ4n) is 5.58. The maximum absolute atomic E-state index is 13.6. The molecule has 0 aliphatic carbocycles. The molecule has 3 unspecified atom stereocenters. The molecular weight excluding hydrogens is 590 g/mol. The van der Waals surface area contributed by atoms with Gasteiger partial charge in [-0.25, -0.2) is 8.42 Å². The van der Waals surface area contributed by atoms with Gasteiger partial charge in [-0.1, -0.05) is 6.92 Å². The number of morpholine rings is 1. The van der Waals surface area contributed by atoms with Gasteiger partial charge in [-0.3, -0.25) is 4.90 Å². The molecule has 0 spiro atoms. The summed E-state index contributed by atoms with van der Waals surface area (Å²) in [5.74, 6) is 1.67. The van der Waals surface area contributed by atoms with Gasteiger partial charge in [-0.2, -0.15) is 0 Å².